The smallest absolute Gasteiger partial charge is 0.103 e. The third kappa shape index (κ3) is 1.59. The van der Waals surface area contributed by atoms with Gasteiger partial charge in [-0.25, -0.2) is 0 Å². The number of aryl methyl sites for hydroxylation is 1. The van der Waals surface area contributed by atoms with Crippen molar-refractivity contribution in [2.24, 2.45) is 30.2 Å². The number of hydrogen-bond acceptors (Lipinski definition) is 3. The molecule has 1 heterocycles. The lowest BCUT2D eigenvalue weighted by Crippen LogP contribution is -2.49. The zero-order valence-corrected chi connectivity index (χ0v) is 11.5. The predicted molar refractivity (Wildman–Crippen MR) is 73.2 cm³/mol. The standard InChI is InChI=1S/C15H23N3O/c1-18-13(12(16)8-17-18)14(19)15-5-9-2-10(6-15)4-11(3-9)7-15/h8-11,14,19H,2-7,16H2,1H3. The van der Waals surface area contributed by atoms with Crippen molar-refractivity contribution < 1.29 is 5.11 Å². The van der Waals surface area contributed by atoms with Crippen LogP contribution in [0.2, 0.25) is 0 Å². The first-order valence-corrected chi connectivity index (χ1v) is 7.53. The largest absolute Gasteiger partial charge is 0.396 e. The summed E-state index contributed by atoms with van der Waals surface area (Å²) in [6, 6.07) is 0. The Bertz CT molecular complexity index is 453. The second-order valence-corrected chi connectivity index (χ2v) is 7.29. The van der Waals surface area contributed by atoms with Crippen LogP contribution in [0.1, 0.15) is 50.3 Å². The SMILES string of the molecule is Cn1ncc(N)c1C(O)C12CC3CC(CC(C3)C1)C2. The summed E-state index contributed by atoms with van der Waals surface area (Å²) < 4.78 is 1.76. The number of aromatic nitrogens is 2. The van der Waals surface area contributed by atoms with E-state index >= 15 is 0 Å². The first-order chi connectivity index (χ1) is 9.07. The van der Waals surface area contributed by atoms with E-state index in [1.165, 1.54) is 38.5 Å². The lowest BCUT2D eigenvalue weighted by molar-refractivity contribution is -0.124. The van der Waals surface area contributed by atoms with Gasteiger partial charge in [0.15, 0.2) is 0 Å². The van der Waals surface area contributed by atoms with Crippen LogP contribution in [0.5, 0.6) is 0 Å². The molecule has 1 unspecified atom stereocenters. The highest BCUT2D eigenvalue weighted by Gasteiger charge is 2.55. The first kappa shape index (κ1) is 11.8. The van der Waals surface area contributed by atoms with Crippen molar-refractivity contribution in [1.82, 2.24) is 9.78 Å². The van der Waals surface area contributed by atoms with Crippen LogP contribution in [-0.4, -0.2) is 14.9 Å². The lowest BCUT2D eigenvalue weighted by Gasteiger charge is -2.58. The monoisotopic (exact) mass is 261 g/mol. The molecule has 3 N–H and O–H groups in total. The van der Waals surface area contributed by atoms with Crippen molar-refractivity contribution >= 4 is 5.69 Å². The second-order valence-electron chi connectivity index (χ2n) is 7.29. The molecule has 0 aliphatic heterocycles. The molecule has 4 nitrogen and oxygen atoms in total. The summed E-state index contributed by atoms with van der Waals surface area (Å²) >= 11 is 0. The molecular weight excluding hydrogens is 238 g/mol. The molecule has 0 aromatic carbocycles. The maximum atomic E-state index is 11.0. The third-order valence-corrected chi connectivity index (χ3v) is 5.94. The highest BCUT2D eigenvalue weighted by molar-refractivity contribution is 5.43. The Hall–Kier alpha value is -1.03. The Kier molecular flexibility index (Phi) is 2.32. The topological polar surface area (TPSA) is 64.1 Å². The molecule has 0 saturated heterocycles. The average molecular weight is 261 g/mol. The van der Waals surface area contributed by atoms with Crippen LogP contribution in [0.3, 0.4) is 0 Å². The van der Waals surface area contributed by atoms with Gasteiger partial charge in [-0.1, -0.05) is 0 Å². The molecule has 0 radical (unpaired) electrons. The summed E-state index contributed by atoms with van der Waals surface area (Å²) in [4.78, 5) is 0. The summed E-state index contributed by atoms with van der Waals surface area (Å²) in [7, 11) is 1.88. The molecule has 4 aliphatic rings. The van der Waals surface area contributed by atoms with E-state index in [0.717, 1.165) is 23.4 Å². The molecule has 4 saturated carbocycles. The van der Waals surface area contributed by atoms with Gasteiger partial charge >= 0.3 is 0 Å². The number of nitrogens with two attached hydrogens (primary N) is 1. The Morgan fingerprint density at radius 3 is 2.21 bits per heavy atom. The average Bonchev–Trinajstić information content (AvgIpc) is 2.66. The van der Waals surface area contributed by atoms with Crippen LogP contribution in [0.4, 0.5) is 5.69 Å². The molecule has 5 rings (SSSR count). The molecular formula is C15H23N3O. The highest BCUT2D eigenvalue weighted by atomic mass is 16.3. The minimum Gasteiger partial charge on any atom is -0.396 e. The van der Waals surface area contributed by atoms with Crippen LogP contribution in [0, 0.1) is 23.2 Å². The summed E-state index contributed by atoms with van der Waals surface area (Å²) in [5.74, 6) is 2.53. The van der Waals surface area contributed by atoms with Gasteiger partial charge in [0.25, 0.3) is 0 Å². The minimum absolute atomic E-state index is 0.0800. The molecule has 19 heavy (non-hydrogen) atoms. The molecule has 1 atom stereocenters. The molecule has 0 spiro atoms. The van der Waals surface area contributed by atoms with Gasteiger partial charge in [-0.2, -0.15) is 5.10 Å². The third-order valence-electron chi connectivity index (χ3n) is 5.94. The summed E-state index contributed by atoms with van der Waals surface area (Å²) in [5.41, 5.74) is 7.58. The Morgan fingerprint density at radius 2 is 1.79 bits per heavy atom. The van der Waals surface area contributed by atoms with E-state index in [1.807, 2.05) is 7.05 Å². The van der Waals surface area contributed by atoms with E-state index in [1.54, 1.807) is 10.9 Å². The van der Waals surface area contributed by atoms with E-state index in [4.69, 9.17) is 5.73 Å². The maximum absolute atomic E-state index is 11.0. The van der Waals surface area contributed by atoms with Gasteiger partial charge in [-0.3, -0.25) is 4.68 Å². The summed E-state index contributed by atoms with van der Waals surface area (Å²) in [6.45, 7) is 0. The van der Waals surface area contributed by atoms with Gasteiger partial charge in [-0.05, 0) is 56.3 Å². The van der Waals surface area contributed by atoms with Gasteiger partial charge in [0.2, 0.25) is 0 Å². The van der Waals surface area contributed by atoms with E-state index in [0.29, 0.717) is 5.69 Å². The second kappa shape index (κ2) is 3.75. The van der Waals surface area contributed by atoms with E-state index in [9.17, 15) is 5.11 Å². The number of anilines is 1. The van der Waals surface area contributed by atoms with Gasteiger partial charge in [-0.15, -0.1) is 0 Å². The van der Waals surface area contributed by atoms with E-state index in [2.05, 4.69) is 5.10 Å². The van der Waals surface area contributed by atoms with Crippen molar-refractivity contribution in [3.8, 4) is 0 Å². The van der Waals surface area contributed by atoms with Gasteiger partial charge in [0.1, 0.15) is 6.10 Å². The highest BCUT2D eigenvalue weighted by Crippen LogP contribution is 2.64. The number of aliphatic hydroxyl groups is 1. The zero-order chi connectivity index (χ0) is 13.2. The van der Waals surface area contributed by atoms with Crippen LogP contribution in [0.15, 0.2) is 6.20 Å². The Morgan fingerprint density at radius 1 is 1.26 bits per heavy atom. The molecule has 4 bridgehead atoms. The van der Waals surface area contributed by atoms with Crippen molar-refractivity contribution in [1.29, 1.82) is 0 Å². The van der Waals surface area contributed by atoms with Crippen molar-refractivity contribution in [3.05, 3.63) is 11.9 Å². The Labute approximate surface area is 114 Å². The maximum Gasteiger partial charge on any atom is 0.103 e. The van der Waals surface area contributed by atoms with E-state index < -0.39 is 6.10 Å². The molecule has 4 aliphatic carbocycles. The molecule has 0 amide bonds. The van der Waals surface area contributed by atoms with Gasteiger partial charge < -0.3 is 10.8 Å². The number of nitrogens with zero attached hydrogens (tertiary/aromatic N) is 2. The summed E-state index contributed by atoms with van der Waals surface area (Å²) in [6.07, 6.45) is 8.97. The van der Waals surface area contributed by atoms with E-state index in [-0.39, 0.29) is 5.41 Å². The predicted octanol–water partition coefficient (Wildman–Crippen LogP) is 2.25. The minimum atomic E-state index is -0.437. The normalized spacial score (nSPS) is 41.7. The number of nitrogen functional groups attached to an aromatic ring is 1. The first-order valence-electron chi connectivity index (χ1n) is 7.53. The van der Waals surface area contributed by atoms with Crippen molar-refractivity contribution in [2.45, 2.75) is 44.6 Å². The van der Waals surface area contributed by atoms with Crippen molar-refractivity contribution in [2.75, 3.05) is 5.73 Å². The van der Waals surface area contributed by atoms with Crippen LogP contribution in [-0.2, 0) is 7.05 Å². The number of rotatable bonds is 2. The Balaban J connectivity index is 1.72. The van der Waals surface area contributed by atoms with Gasteiger partial charge in [0.05, 0.1) is 17.6 Å². The van der Waals surface area contributed by atoms with Crippen LogP contribution >= 0.6 is 0 Å². The molecule has 1 aromatic rings. The van der Waals surface area contributed by atoms with Gasteiger partial charge in [0, 0.05) is 12.5 Å². The summed E-state index contributed by atoms with van der Waals surface area (Å²) in [5, 5.41) is 15.2. The van der Waals surface area contributed by atoms with Crippen LogP contribution < -0.4 is 5.73 Å². The van der Waals surface area contributed by atoms with Crippen LogP contribution in [0.25, 0.3) is 0 Å². The zero-order valence-electron chi connectivity index (χ0n) is 11.5. The quantitative estimate of drug-likeness (QED) is 0.858. The molecule has 1 aromatic heterocycles. The fraction of sp³-hybridized carbons (Fsp3) is 0.800. The molecule has 4 heteroatoms. The fourth-order valence-corrected chi connectivity index (χ4v) is 5.60. The van der Waals surface area contributed by atoms with Crippen molar-refractivity contribution in [3.63, 3.8) is 0 Å². The molecule has 4 fully saturated rings. The fourth-order valence-electron chi connectivity index (χ4n) is 5.60. The lowest BCUT2D eigenvalue weighted by atomic mass is 9.48. The molecule has 104 valence electrons. The number of aliphatic hydroxyl groups excluding tert-OH is 1. The number of hydrogen-bond donors (Lipinski definition) is 2.